The molecule has 0 spiro atoms. The van der Waals surface area contributed by atoms with Crippen molar-refractivity contribution in [1.82, 2.24) is 9.47 Å². The summed E-state index contributed by atoms with van der Waals surface area (Å²) < 4.78 is 15.3. The average molecular weight is 499 g/mol. The third-order valence-electron chi connectivity index (χ3n) is 5.70. The lowest BCUT2D eigenvalue weighted by atomic mass is 10.0. The zero-order valence-electron chi connectivity index (χ0n) is 19.5. The number of nitriles is 1. The highest BCUT2D eigenvalue weighted by Gasteiger charge is 2.32. The van der Waals surface area contributed by atoms with E-state index in [9.17, 15) is 19.2 Å². The van der Waals surface area contributed by atoms with E-state index >= 15 is 0 Å². The number of pyridine rings is 1. The number of halogens is 1. The summed E-state index contributed by atoms with van der Waals surface area (Å²) in [7, 11) is 0. The molecular weight excluding hydrogens is 471 g/mol. The Balaban J connectivity index is 2.05. The van der Waals surface area contributed by atoms with E-state index in [0.29, 0.717) is 45.8 Å². The van der Waals surface area contributed by atoms with Crippen molar-refractivity contribution in [2.45, 2.75) is 53.1 Å². The van der Waals surface area contributed by atoms with Gasteiger partial charge in [0.25, 0.3) is 11.5 Å². The van der Waals surface area contributed by atoms with Crippen molar-refractivity contribution in [2.75, 3.05) is 11.9 Å². The van der Waals surface area contributed by atoms with Crippen molar-refractivity contribution in [3.8, 4) is 6.07 Å². The topological polar surface area (TPSA) is 78.1 Å². The van der Waals surface area contributed by atoms with Gasteiger partial charge in [-0.1, -0.05) is 55.9 Å². The molecule has 34 heavy (non-hydrogen) atoms. The lowest BCUT2D eigenvalue weighted by molar-refractivity contribution is -0.122. The van der Waals surface area contributed by atoms with Gasteiger partial charge in [0.15, 0.2) is 0 Å². The van der Waals surface area contributed by atoms with E-state index in [1.165, 1.54) is 28.5 Å². The van der Waals surface area contributed by atoms with Gasteiger partial charge in [0.05, 0.1) is 4.91 Å². The molecule has 0 unspecified atom stereocenters. The largest absolute Gasteiger partial charge is 0.367 e. The van der Waals surface area contributed by atoms with Crippen molar-refractivity contribution in [2.24, 2.45) is 0 Å². The van der Waals surface area contributed by atoms with Crippen LogP contribution in [0.3, 0.4) is 0 Å². The number of nitrogens with zero attached hydrogens (tertiary/aromatic N) is 3. The maximum absolute atomic E-state index is 13.3. The van der Waals surface area contributed by atoms with Crippen LogP contribution >= 0.6 is 24.0 Å². The van der Waals surface area contributed by atoms with E-state index in [0.717, 1.165) is 24.8 Å². The number of benzene rings is 1. The van der Waals surface area contributed by atoms with Gasteiger partial charge in [0.2, 0.25) is 0 Å². The zero-order chi connectivity index (χ0) is 24.8. The number of rotatable bonds is 9. The van der Waals surface area contributed by atoms with Gasteiger partial charge in [-0.2, -0.15) is 5.26 Å². The number of hydrogen-bond donors (Lipinski definition) is 1. The first kappa shape index (κ1) is 25.7. The van der Waals surface area contributed by atoms with Crippen molar-refractivity contribution >= 4 is 46.1 Å². The van der Waals surface area contributed by atoms with Gasteiger partial charge >= 0.3 is 0 Å². The molecule has 0 aliphatic carbocycles. The molecule has 1 saturated heterocycles. The molecule has 6 nitrogen and oxygen atoms in total. The molecule has 1 N–H and O–H groups in total. The molecule has 2 heterocycles. The summed E-state index contributed by atoms with van der Waals surface area (Å²) in [6.45, 7) is 6.86. The first-order chi connectivity index (χ1) is 16.3. The lowest BCUT2D eigenvalue weighted by Crippen LogP contribution is -2.29. The number of thioether (sulfide) groups is 1. The second-order valence-electron chi connectivity index (χ2n) is 7.94. The summed E-state index contributed by atoms with van der Waals surface area (Å²) in [6.07, 6.45) is 4.65. The molecule has 0 atom stereocenters. The van der Waals surface area contributed by atoms with Crippen molar-refractivity contribution < 1.29 is 9.18 Å². The second kappa shape index (κ2) is 11.4. The van der Waals surface area contributed by atoms with Crippen LogP contribution in [0.25, 0.3) is 6.08 Å². The molecule has 0 bridgehead atoms. The van der Waals surface area contributed by atoms with Crippen LogP contribution in [-0.4, -0.2) is 26.2 Å². The summed E-state index contributed by atoms with van der Waals surface area (Å²) in [5.41, 5.74) is 1.56. The minimum Gasteiger partial charge on any atom is -0.367 e. The Kier molecular flexibility index (Phi) is 8.64. The highest BCUT2D eigenvalue weighted by molar-refractivity contribution is 8.26. The molecule has 178 valence electrons. The lowest BCUT2D eigenvalue weighted by Gasteiger charge is -2.19. The number of nitrogens with one attached hydrogen (secondary N) is 1. The van der Waals surface area contributed by atoms with Crippen LogP contribution in [0.15, 0.2) is 34.0 Å². The predicted molar refractivity (Wildman–Crippen MR) is 139 cm³/mol. The minimum atomic E-state index is -0.395. The summed E-state index contributed by atoms with van der Waals surface area (Å²) in [5, 5.41) is 12.9. The quantitative estimate of drug-likeness (QED) is 0.291. The number of anilines is 1. The van der Waals surface area contributed by atoms with Crippen LogP contribution in [-0.2, 0) is 17.9 Å². The summed E-state index contributed by atoms with van der Waals surface area (Å²) in [5.74, 6) is 0.0115. The number of carbonyl (C=O) groups is 1. The predicted octanol–water partition coefficient (Wildman–Crippen LogP) is 5.19. The highest BCUT2D eigenvalue weighted by Crippen LogP contribution is 2.35. The van der Waals surface area contributed by atoms with E-state index in [2.05, 4.69) is 12.2 Å². The third kappa shape index (κ3) is 5.40. The van der Waals surface area contributed by atoms with Gasteiger partial charge in [-0.3, -0.25) is 19.1 Å². The Morgan fingerprint density at radius 2 is 1.91 bits per heavy atom. The van der Waals surface area contributed by atoms with Crippen LogP contribution < -0.4 is 10.9 Å². The van der Waals surface area contributed by atoms with Gasteiger partial charge in [-0.25, -0.2) is 4.39 Å². The Morgan fingerprint density at radius 1 is 1.21 bits per heavy atom. The van der Waals surface area contributed by atoms with Crippen molar-refractivity contribution in [3.05, 3.63) is 67.6 Å². The van der Waals surface area contributed by atoms with E-state index in [1.54, 1.807) is 30.0 Å². The molecule has 3 rings (SSSR count). The molecule has 9 heteroatoms. The van der Waals surface area contributed by atoms with Gasteiger partial charge in [0.1, 0.15) is 27.6 Å². The molecule has 1 aromatic heterocycles. The molecule has 2 aromatic rings. The number of aromatic nitrogens is 1. The summed E-state index contributed by atoms with van der Waals surface area (Å²) in [4.78, 5) is 28.1. The fourth-order valence-corrected chi connectivity index (χ4v) is 5.08. The second-order valence-corrected chi connectivity index (χ2v) is 9.62. The van der Waals surface area contributed by atoms with Gasteiger partial charge in [0, 0.05) is 25.2 Å². The first-order valence-electron chi connectivity index (χ1n) is 11.2. The Morgan fingerprint density at radius 3 is 2.53 bits per heavy atom. The Bertz CT molecular complexity index is 1230. The number of thiocarbonyl (C=S) groups is 1. The van der Waals surface area contributed by atoms with Crippen molar-refractivity contribution in [3.63, 3.8) is 0 Å². The molecule has 0 saturated carbocycles. The molecule has 1 aliphatic rings. The Labute approximate surface area is 208 Å². The van der Waals surface area contributed by atoms with E-state index < -0.39 is 5.56 Å². The SMILES string of the molecule is CCCCCN1C(=O)/C(=C\c2c(C)c(C#N)c(=O)n(CC)c2NCc2ccc(F)cc2)SC1=S. The summed E-state index contributed by atoms with van der Waals surface area (Å²) in [6, 6.07) is 8.08. The molecule has 1 fully saturated rings. The molecule has 1 aromatic carbocycles. The average Bonchev–Trinajstić information content (AvgIpc) is 3.08. The minimum absolute atomic E-state index is 0.0406. The number of unbranched alkanes of at least 4 members (excludes halogenated alkanes) is 2. The molecule has 0 radical (unpaired) electrons. The highest BCUT2D eigenvalue weighted by atomic mass is 32.2. The van der Waals surface area contributed by atoms with Crippen LogP contribution in [0.5, 0.6) is 0 Å². The summed E-state index contributed by atoms with van der Waals surface area (Å²) >= 11 is 6.67. The van der Waals surface area contributed by atoms with E-state index in [-0.39, 0.29) is 17.3 Å². The van der Waals surface area contributed by atoms with E-state index in [4.69, 9.17) is 12.2 Å². The smallest absolute Gasteiger partial charge is 0.270 e. The molecular formula is C25H27FN4O2S2. The maximum Gasteiger partial charge on any atom is 0.270 e. The number of hydrogen-bond acceptors (Lipinski definition) is 6. The monoisotopic (exact) mass is 498 g/mol. The van der Waals surface area contributed by atoms with Crippen LogP contribution in [0, 0.1) is 24.1 Å². The van der Waals surface area contributed by atoms with Gasteiger partial charge < -0.3 is 5.32 Å². The zero-order valence-corrected chi connectivity index (χ0v) is 21.1. The molecule has 1 amide bonds. The van der Waals surface area contributed by atoms with Crippen LogP contribution in [0.2, 0.25) is 0 Å². The number of carbonyl (C=O) groups excluding carboxylic acids is 1. The Hall–Kier alpha value is -2.96. The molecule has 1 aliphatic heterocycles. The fraction of sp³-hybridized carbons (Fsp3) is 0.360. The van der Waals surface area contributed by atoms with Gasteiger partial charge in [-0.15, -0.1) is 0 Å². The standard InChI is InChI=1S/C25H27FN4O2S2/c1-4-6-7-12-30-24(32)21(34-25(30)33)13-19-16(3)20(14-27)23(31)29(5-2)22(19)28-15-17-8-10-18(26)11-9-17/h8-11,13,28H,4-7,12,15H2,1-3H3/b21-13+. The van der Waals surface area contributed by atoms with E-state index in [1.807, 2.05) is 13.0 Å². The first-order valence-corrected chi connectivity index (χ1v) is 12.5. The normalized spacial score (nSPS) is 14.7. The maximum atomic E-state index is 13.3. The third-order valence-corrected chi connectivity index (χ3v) is 7.08. The van der Waals surface area contributed by atoms with Crippen LogP contribution in [0.1, 0.15) is 55.4 Å². The van der Waals surface area contributed by atoms with Gasteiger partial charge in [-0.05, 0) is 49.6 Å². The fourth-order valence-electron chi connectivity index (χ4n) is 3.79. The van der Waals surface area contributed by atoms with Crippen LogP contribution in [0.4, 0.5) is 10.2 Å². The van der Waals surface area contributed by atoms with Crippen molar-refractivity contribution in [1.29, 1.82) is 5.26 Å². The number of amides is 1.